The van der Waals surface area contributed by atoms with Crippen molar-refractivity contribution < 1.29 is 9.90 Å². The Kier molecular flexibility index (Phi) is 4.84. The Labute approximate surface area is 162 Å². The Morgan fingerprint density at radius 2 is 2.00 bits per heavy atom. The number of hydrogen-bond donors (Lipinski definition) is 2. The van der Waals surface area contributed by atoms with E-state index in [1.54, 1.807) is 24.3 Å². The van der Waals surface area contributed by atoms with Gasteiger partial charge in [0.05, 0.1) is 21.7 Å². The summed E-state index contributed by atoms with van der Waals surface area (Å²) in [5.41, 5.74) is 0.184. The van der Waals surface area contributed by atoms with E-state index in [9.17, 15) is 9.90 Å². The summed E-state index contributed by atoms with van der Waals surface area (Å²) < 4.78 is 0. The lowest BCUT2D eigenvalue weighted by atomic mass is 9.76. The van der Waals surface area contributed by atoms with Gasteiger partial charge >= 0.3 is 0 Å². The van der Waals surface area contributed by atoms with Crippen LogP contribution in [0.2, 0.25) is 10.2 Å². The molecule has 0 saturated heterocycles. The van der Waals surface area contributed by atoms with Crippen molar-refractivity contribution in [2.45, 2.75) is 44.1 Å². The van der Waals surface area contributed by atoms with Crippen LogP contribution in [0.5, 0.6) is 0 Å². The molecular formula is C20H22Cl2N2O2. The van der Waals surface area contributed by atoms with Gasteiger partial charge in [0.15, 0.2) is 0 Å². The van der Waals surface area contributed by atoms with Crippen LogP contribution in [0.15, 0.2) is 24.3 Å². The molecule has 6 heteroatoms. The molecule has 1 amide bonds. The van der Waals surface area contributed by atoms with Gasteiger partial charge in [0.2, 0.25) is 0 Å². The van der Waals surface area contributed by atoms with Crippen LogP contribution in [-0.2, 0) is 0 Å². The highest BCUT2D eigenvalue weighted by atomic mass is 35.5. The maximum absolute atomic E-state index is 12.8. The molecule has 0 radical (unpaired) electrons. The van der Waals surface area contributed by atoms with E-state index in [0.717, 1.165) is 25.2 Å². The van der Waals surface area contributed by atoms with Gasteiger partial charge in [-0.3, -0.25) is 4.79 Å². The predicted octanol–water partition coefficient (Wildman–Crippen LogP) is 4.60. The monoisotopic (exact) mass is 392 g/mol. The van der Waals surface area contributed by atoms with Crippen LogP contribution >= 0.6 is 23.2 Å². The molecule has 4 nitrogen and oxygen atoms in total. The number of benzene rings is 1. The largest absolute Gasteiger partial charge is 0.388 e. The number of aromatic nitrogens is 1. The van der Waals surface area contributed by atoms with E-state index >= 15 is 0 Å². The van der Waals surface area contributed by atoms with Gasteiger partial charge in [0, 0.05) is 11.9 Å². The molecule has 2 unspecified atom stereocenters. The number of fused-ring (bicyclic) bond motifs is 1. The average molecular weight is 393 g/mol. The average Bonchev–Trinajstić information content (AvgIpc) is 3.45. The van der Waals surface area contributed by atoms with E-state index in [1.165, 1.54) is 19.3 Å². The molecule has 2 atom stereocenters. The number of aliphatic hydroxyl groups is 1. The van der Waals surface area contributed by atoms with E-state index < -0.39 is 5.60 Å². The summed E-state index contributed by atoms with van der Waals surface area (Å²) in [4.78, 5) is 17.0. The number of halogens is 2. The topological polar surface area (TPSA) is 62.2 Å². The third kappa shape index (κ3) is 3.68. The molecule has 2 N–H and O–H groups in total. The zero-order valence-electron chi connectivity index (χ0n) is 14.5. The SMILES string of the molecule is O=C(NCC1(O)CCCC(C2CC2)C1)c1c(Cl)ccc2nc(Cl)ccc12. The summed E-state index contributed by atoms with van der Waals surface area (Å²) in [6, 6.07) is 6.80. The van der Waals surface area contributed by atoms with Crippen LogP contribution < -0.4 is 5.32 Å². The molecule has 0 bridgehead atoms. The first-order valence-electron chi connectivity index (χ1n) is 9.20. The van der Waals surface area contributed by atoms with E-state index in [-0.39, 0.29) is 12.5 Å². The first kappa shape index (κ1) is 18.0. The van der Waals surface area contributed by atoms with Gasteiger partial charge in [-0.1, -0.05) is 29.6 Å². The molecule has 2 aliphatic rings. The fourth-order valence-electron chi connectivity index (χ4n) is 4.23. The van der Waals surface area contributed by atoms with Crippen LogP contribution in [0.3, 0.4) is 0 Å². The third-order valence-electron chi connectivity index (χ3n) is 5.74. The van der Waals surface area contributed by atoms with Crippen molar-refractivity contribution in [3.63, 3.8) is 0 Å². The number of pyridine rings is 1. The lowest BCUT2D eigenvalue weighted by molar-refractivity contribution is -0.0178. The van der Waals surface area contributed by atoms with Crippen LogP contribution in [0.4, 0.5) is 0 Å². The summed E-state index contributed by atoms with van der Waals surface area (Å²) in [5.74, 6) is 1.09. The van der Waals surface area contributed by atoms with Gasteiger partial charge in [-0.15, -0.1) is 0 Å². The summed E-state index contributed by atoms with van der Waals surface area (Å²) in [5, 5.41) is 15.3. The molecule has 2 aliphatic carbocycles. The number of carbonyl (C=O) groups is 1. The maximum Gasteiger partial charge on any atom is 0.253 e. The number of nitrogens with one attached hydrogen (secondary N) is 1. The highest BCUT2D eigenvalue weighted by molar-refractivity contribution is 6.36. The lowest BCUT2D eigenvalue weighted by Crippen LogP contribution is -2.46. The fourth-order valence-corrected chi connectivity index (χ4v) is 4.64. The zero-order chi connectivity index (χ0) is 18.3. The first-order valence-corrected chi connectivity index (χ1v) is 9.96. The minimum Gasteiger partial charge on any atom is -0.388 e. The van der Waals surface area contributed by atoms with Gasteiger partial charge < -0.3 is 10.4 Å². The van der Waals surface area contributed by atoms with Crippen molar-refractivity contribution in [3.8, 4) is 0 Å². The Bertz CT molecular complexity index is 853. The van der Waals surface area contributed by atoms with Crippen LogP contribution in [0.1, 0.15) is 48.9 Å². The van der Waals surface area contributed by atoms with Crippen molar-refractivity contribution in [2.75, 3.05) is 6.54 Å². The van der Waals surface area contributed by atoms with Gasteiger partial charge in [-0.25, -0.2) is 4.98 Å². The minimum atomic E-state index is -0.820. The molecule has 4 rings (SSSR count). The summed E-state index contributed by atoms with van der Waals surface area (Å²) in [7, 11) is 0. The van der Waals surface area contributed by atoms with Gasteiger partial charge in [-0.05, 0) is 68.2 Å². The highest BCUT2D eigenvalue weighted by Gasteiger charge is 2.41. The van der Waals surface area contributed by atoms with E-state index in [1.807, 2.05) is 0 Å². The van der Waals surface area contributed by atoms with Crippen LogP contribution in [0, 0.1) is 11.8 Å². The molecule has 2 aromatic rings. The molecule has 0 spiro atoms. The van der Waals surface area contributed by atoms with Crippen molar-refractivity contribution in [3.05, 3.63) is 40.0 Å². The van der Waals surface area contributed by atoms with Crippen molar-refractivity contribution in [1.82, 2.24) is 10.3 Å². The highest BCUT2D eigenvalue weighted by Crippen LogP contribution is 2.46. The smallest absolute Gasteiger partial charge is 0.253 e. The first-order chi connectivity index (χ1) is 12.5. The van der Waals surface area contributed by atoms with Crippen LogP contribution in [0.25, 0.3) is 10.9 Å². The minimum absolute atomic E-state index is 0.253. The Hall–Kier alpha value is -1.36. The fraction of sp³-hybridized carbons (Fsp3) is 0.500. The summed E-state index contributed by atoms with van der Waals surface area (Å²) in [6.07, 6.45) is 6.30. The molecule has 1 heterocycles. The standard InChI is InChI=1S/C20H22Cl2N2O2/c21-15-6-7-16-14(5-8-17(22)24-16)18(15)19(25)23-11-20(26)9-1-2-13(10-20)12-3-4-12/h5-8,12-13,26H,1-4,9-11H2,(H,23,25). The molecule has 138 valence electrons. The van der Waals surface area contributed by atoms with Crippen LogP contribution in [-0.4, -0.2) is 28.1 Å². The third-order valence-corrected chi connectivity index (χ3v) is 6.26. The normalized spacial score (nSPS) is 26.0. The van der Waals surface area contributed by atoms with Gasteiger partial charge in [0.25, 0.3) is 5.91 Å². The summed E-state index contributed by atoms with van der Waals surface area (Å²) in [6.45, 7) is 0.253. The van der Waals surface area contributed by atoms with E-state index in [4.69, 9.17) is 23.2 Å². The number of rotatable bonds is 4. The molecule has 1 aromatic heterocycles. The molecule has 2 fully saturated rings. The second kappa shape index (κ2) is 6.99. The quantitative estimate of drug-likeness (QED) is 0.747. The Morgan fingerprint density at radius 1 is 1.19 bits per heavy atom. The molecule has 2 saturated carbocycles. The van der Waals surface area contributed by atoms with Gasteiger partial charge in [-0.2, -0.15) is 0 Å². The molecule has 0 aliphatic heterocycles. The van der Waals surface area contributed by atoms with E-state index in [0.29, 0.717) is 32.6 Å². The van der Waals surface area contributed by atoms with Gasteiger partial charge in [0.1, 0.15) is 5.15 Å². The Morgan fingerprint density at radius 3 is 2.77 bits per heavy atom. The number of carbonyl (C=O) groups excluding carboxylic acids is 1. The molecular weight excluding hydrogens is 371 g/mol. The van der Waals surface area contributed by atoms with Crippen molar-refractivity contribution in [2.24, 2.45) is 11.8 Å². The maximum atomic E-state index is 12.8. The second-order valence-electron chi connectivity index (χ2n) is 7.72. The zero-order valence-corrected chi connectivity index (χ0v) is 16.0. The molecule has 1 aromatic carbocycles. The second-order valence-corrected chi connectivity index (χ2v) is 8.52. The molecule has 26 heavy (non-hydrogen) atoms. The van der Waals surface area contributed by atoms with Crippen molar-refractivity contribution >= 4 is 40.0 Å². The van der Waals surface area contributed by atoms with Crippen molar-refractivity contribution in [1.29, 1.82) is 0 Å². The Balaban J connectivity index is 1.51. The number of nitrogens with zero attached hydrogens (tertiary/aromatic N) is 1. The number of hydrogen-bond acceptors (Lipinski definition) is 3. The predicted molar refractivity (Wildman–Crippen MR) is 104 cm³/mol. The lowest BCUT2D eigenvalue weighted by Gasteiger charge is -2.37. The van der Waals surface area contributed by atoms with E-state index in [2.05, 4.69) is 10.3 Å². The summed E-state index contributed by atoms with van der Waals surface area (Å²) >= 11 is 12.2. The number of amides is 1.